The van der Waals surface area contributed by atoms with E-state index in [1.807, 2.05) is 30.3 Å². The van der Waals surface area contributed by atoms with E-state index in [-0.39, 0.29) is 42.3 Å². The molecule has 1 aliphatic heterocycles. The number of rotatable bonds is 6. The molecule has 142 valence electrons. The molecule has 1 aromatic heterocycles. The van der Waals surface area contributed by atoms with Crippen molar-refractivity contribution in [2.75, 3.05) is 26.7 Å². The average molecular weight is 369 g/mol. The fourth-order valence-electron chi connectivity index (χ4n) is 3.03. The lowest BCUT2D eigenvalue weighted by Gasteiger charge is -2.21. The van der Waals surface area contributed by atoms with Crippen molar-refractivity contribution < 1.29 is 14.4 Å². The van der Waals surface area contributed by atoms with Crippen LogP contribution in [0.2, 0.25) is 0 Å². The summed E-state index contributed by atoms with van der Waals surface area (Å²) in [5.41, 5.74) is 1.10. The van der Waals surface area contributed by atoms with Gasteiger partial charge in [0, 0.05) is 26.7 Å². The van der Waals surface area contributed by atoms with Crippen LogP contribution in [0.5, 0.6) is 0 Å². The van der Waals surface area contributed by atoms with Gasteiger partial charge in [-0.1, -0.05) is 30.3 Å². The Morgan fingerprint density at radius 1 is 1.19 bits per heavy atom. The molecule has 0 saturated carbocycles. The third kappa shape index (κ3) is 4.52. The summed E-state index contributed by atoms with van der Waals surface area (Å²) in [6.07, 6.45) is 3.32. The van der Waals surface area contributed by atoms with Gasteiger partial charge >= 0.3 is 0 Å². The van der Waals surface area contributed by atoms with Crippen molar-refractivity contribution in [2.24, 2.45) is 0 Å². The van der Waals surface area contributed by atoms with Gasteiger partial charge < -0.3 is 20.1 Å². The van der Waals surface area contributed by atoms with Crippen molar-refractivity contribution in [3.63, 3.8) is 0 Å². The quantitative estimate of drug-likeness (QED) is 0.795. The Balaban J connectivity index is 1.76. The van der Waals surface area contributed by atoms with E-state index in [9.17, 15) is 14.4 Å². The number of nitrogens with one attached hydrogen (secondary N) is 2. The fraction of sp³-hybridized carbons (Fsp3) is 0.368. The van der Waals surface area contributed by atoms with Crippen LogP contribution in [0.25, 0.3) is 0 Å². The number of hydrogen-bond donors (Lipinski definition) is 2. The molecule has 2 N–H and O–H groups in total. The molecule has 0 aliphatic carbocycles. The lowest BCUT2D eigenvalue weighted by Crippen LogP contribution is -2.39. The van der Waals surface area contributed by atoms with Crippen molar-refractivity contribution in [1.29, 1.82) is 0 Å². The first-order valence-corrected chi connectivity index (χ1v) is 8.96. The number of likely N-dealkylation sites (N-methyl/N-ethyl adjacent to an activating group) is 1. The number of aromatic nitrogens is 2. The molecule has 1 aromatic carbocycles. The first-order valence-electron chi connectivity index (χ1n) is 8.96. The molecule has 0 unspecified atom stereocenters. The standard InChI is InChI=1S/C19H23N5O3/c1-20-16(25)13-24(12-14-7-3-2-4-8-14)18(26)15-11-21-17(22-15)19(27)23-9-5-6-10-23/h2-4,7-8,11H,5-6,9-10,12-13H2,1H3,(H,20,25)(H,21,22). The SMILES string of the molecule is CNC(=O)CN(Cc1ccccc1)C(=O)c1cnc(C(=O)N2CCCC2)[nH]1. The number of hydrogen-bond acceptors (Lipinski definition) is 4. The molecule has 2 aromatic rings. The van der Waals surface area contributed by atoms with E-state index < -0.39 is 0 Å². The minimum atomic E-state index is -0.379. The fourth-order valence-corrected chi connectivity index (χ4v) is 3.03. The predicted molar refractivity (Wildman–Crippen MR) is 99.0 cm³/mol. The zero-order chi connectivity index (χ0) is 19.2. The van der Waals surface area contributed by atoms with E-state index in [2.05, 4.69) is 15.3 Å². The van der Waals surface area contributed by atoms with Gasteiger partial charge in [0.25, 0.3) is 11.8 Å². The van der Waals surface area contributed by atoms with Gasteiger partial charge in [0.15, 0.2) is 5.82 Å². The van der Waals surface area contributed by atoms with Crippen molar-refractivity contribution in [1.82, 2.24) is 25.1 Å². The van der Waals surface area contributed by atoms with Crippen LogP contribution in [-0.2, 0) is 11.3 Å². The van der Waals surface area contributed by atoms with Gasteiger partial charge in [-0.15, -0.1) is 0 Å². The highest BCUT2D eigenvalue weighted by Crippen LogP contribution is 2.13. The van der Waals surface area contributed by atoms with Crippen LogP contribution in [0.3, 0.4) is 0 Å². The van der Waals surface area contributed by atoms with Crippen LogP contribution >= 0.6 is 0 Å². The number of amides is 3. The van der Waals surface area contributed by atoms with E-state index in [0.717, 1.165) is 18.4 Å². The Kier molecular flexibility index (Phi) is 5.85. The molecular weight excluding hydrogens is 346 g/mol. The summed E-state index contributed by atoms with van der Waals surface area (Å²) >= 11 is 0. The van der Waals surface area contributed by atoms with Gasteiger partial charge in [-0.05, 0) is 18.4 Å². The summed E-state index contributed by atoms with van der Waals surface area (Å²) in [6, 6.07) is 9.42. The molecule has 8 nitrogen and oxygen atoms in total. The minimum Gasteiger partial charge on any atom is -0.358 e. The van der Waals surface area contributed by atoms with Gasteiger partial charge in [0.05, 0.1) is 6.20 Å². The number of benzene rings is 1. The summed E-state index contributed by atoms with van der Waals surface area (Å²) < 4.78 is 0. The van der Waals surface area contributed by atoms with Crippen LogP contribution in [0.15, 0.2) is 36.5 Å². The lowest BCUT2D eigenvalue weighted by atomic mass is 10.2. The first-order chi connectivity index (χ1) is 13.1. The van der Waals surface area contributed by atoms with E-state index in [0.29, 0.717) is 13.1 Å². The highest BCUT2D eigenvalue weighted by atomic mass is 16.2. The van der Waals surface area contributed by atoms with E-state index in [4.69, 9.17) is 0 Å². The first kappa shape index (κ1) is 18.6. The molecular formula is C19H23N5O3. The highest BCUT2D eigenvalue weighted by molar-refractivity contribution is 5.97. The van der Waals surface area contributed by atoms with Crippen LogP contribution in [-0.4, -0.2) is 64.2 Å². The van der Waals surface area contributed by atoms with Gasteiger partial charge in [-0.25, -0.2) is 4.98 Å². The molecule has 1 saturated heterocycles. The second-order valence-corrected chi connectivity index (χ2v) is 6.46. The molecule has 3 rings (SSSR count). The number of H-pyrrole nitrogens is 1. The maximum Gasteiger partial charge on any atom is 0.289 e. The molecule has 3 amide bonds. The van der Waals surface area contributed by atoms with Crippen LogP contribution < -0.4 is 5.32 Å². The smallest absolute Gasteiger partial charge is 0.289 e. The maximum atomic E-state index is 12.9. The Labute approximate surface area is 157 Å². The average Bonchev–Trinajstić information content (AvgIpc) is 3.39. The molecule has 1 fully saturated rings. The van der Waals surface area contributed by atoms with Crippen LogP contribution in [0.1, 0.15) is 39.5 Å². The van der Waals surface area contributed by atoms with Gasteiger partial charge in [0.1, 0.15) is 12.2 Å². The van der Waals surface area contributed by atoms with Crippen LogP contribution in [0.4, 0.5) is 0 Å². The third-order valence-electron chi connectivity index (χ3n) is 4.52. The molecule has 8 heteroatoms. The predicted octanol–water partition coefficient (Wildman–Crippen LogP) is 1.03. The number of carbonyl (C=O) groups is 3. The maximum absolute atomic E-state index is 12.9. The molecule has 0 spiro atoms. The second kappa shape index (κ2) is 8.48. The Morgan fingerprint density at radius 2 is 1.89 bits per heavy atom. The van der Waals surface area contributed by atoms with Crippen molar-refractivity contribution in [3.8, 4) is 0 Å². The molecule has 0 atom stereocenters. The molecule has 0 radical (unpaired) electrons. The number of imidazole rings is 1. The Bertz CT molecular complexity index is 812. The Hall–Kier alpha value is -3.16. The summed E-state index contributed by atoms with van der Waals surface area (Å²) in [5, 5.41) is 2.53. The van der Waals surface area contributed by atoms with E-state index >= 15 is 0 Å². The number of nitrogens with zero attached hydrogens (tertiary/aromatic N) is 3. The largest absolute Gasteiger partial charge is 0.358 e. The summed E-state index contributed by atoms with van der Waals surface area (Å²) in [7, 11) is 1.52. The number of carbonyl (C=O) groups excluding carboxylic acids is 3. The van der Waals surface area contributed by atoms with Crippen molar-refractivity contribution in [3.05, 3.63) is 53.6 Å². The third-order valence-corrected chi connectivity index (χ3v) is 4.52. The molecule has 0 bridgehead atoms. The van der Waals surface area contributed by atoms with Crippen LogP contribution in [0, 0.1) is 0 Å². The lowest BCUT2D eigenvalue weighted by molar-refractivity contribution is -0.121. The van der Waals surface area contributed by atoms with Gasteiger partial charge in [-0.3, -0.25) is 14.4 Å². The Morgan fingerprint density at radius 3 is 2.56 bits per heavy atom. The summed E-state index contributed by atoms with van der Waals surface area (Å²) in [5.74, 6) is -0.699. The monoisotopic (exact) mass is 369 g/mol. The normalized spacial score (nSPS) is 13.4. The zero-order valence-electron chi connectivity index (χ0n) is 15.3. The van der Waals surface area contributed by atoms with E-state index in [1.165, 1.54) is 18.1 Å². The summed E-state index contributed by atoms with van der Waals surface area (Å²) in [4.78, 5) is 47.2. The zero-order valence-corrected chi connectivity index (χ0v) is 15.3. The molecule has 2 heterocycles. The minimum absolute atomic E-state index is 0.0847. The number of aromatic amines is 1. The van der Waals surface area contributed by atoms with Crippen molar-refractivity contribution in [2.45, 2.75) is 19.4 Å². The van der Waals surface area contributed by atoms with Gasteiger partial charge in [0.2, 0.25) is 5.91 Å². The van der Waals surface area contributed by atoms with Gasteiger partial charge in [-0.2, -0.15) is 0 Å². The second-order valence-electron chi connectivity index (χ2n) is 6.46. The molecule has 27 heavy (non-hydrogen) atoms. The topological polar surface area (TPSA) is 98.4 Å². The summed E-state index contributed by atoms with van der Waals surface area (Å²) in [6.45, 7) is 1.61. The van der Waals surface area contributed by atoms with Crippen molar-refractivity contribution >= 4 is 17.7 Å². The highest BCUT2D eigenvalue weighted by Gasteiger charge is 2.25. The van der Waals surface area contributed by atoms with E-state index in [1.54, 1.807) is 4.90 Å². The molecule has 1 aliphatic rings. The number of likely N-dealkylation sites (tertiary alicyclic amines) is 1.